The molecule has 12 nitrogen and oxygen atoms in total. The fourth-order valence-electron chi connectivity index (χ4n) is 19.8. The normalized spacial score (nSPS) is 41.0. The molecule has 0 saturated heterocycles. The molecule has 8 aliphatic carbocycles. The molecule has 81 heavy (non-hydrogen) atoms. The average molecular weight is 1160 g/mol. The summed E-state index contributed by atoms with van der Waals surface area (Å²) in [6.07, 6.45) is -0.0889. The molecule has 0 aromatic heterocycles. The van der Waals surface area contributed by atoms with Gasteiger partial charge in [0.1, 0.15) is 25.4 Å². The third-order valence-electron chi connectivity index (χ3n) is 24.8. The maximum atomic E-state index is 13.9. The Balaban J connectivity index is 0.703. The van der Waals surface area contributed by atoms with Gasteiger partial charge in [-0.3, -0.25) is 24.0 Å². The van der Waals surface area contributed by atoms with Gasteiger partial charge in [0.25, 0.3) is 0 Å². The molecular weight excluding hydrogens is 1060 g/mol. The third kappa shape index (κ3) is 12.6. The van der Waals surface area contributed by atoms with Gasteiger partial charge >= 0.3 is 42.2 Å². The number of rotatable bonds is 19. The Morgan fingerprint density at radius 2 is 0.827 bits per heavy atom. The van der Waals surface area contributed by atoms with Crippen LogP contribution in [0.5, 0.6) is 0 Å². The van der Waals surface area contributed by atoms with Crippen LogP contribution in [0.4, 0.5) is 26.3 Å². The average Bonchev–Trinajstić information content (AvgIpc) is 4.20. The largest absolute Gasteiger partial charge is 0.462 e. The van der Waals surface area contributed by atoms with E-state index in [9.17, 15) is 60.5 Å². The van der Waals surface area contributed by atoms with E-state index < -0.39 is 59.5 Å². The number of halogens is 6. The summed E-state index contributed by atoms with van der Waals surface area (Å²) in [5.74, 6) is 0.000412. The summed E-state index contributed by atoms with van der Waals surface area (Å²) in [5.41, 5.74) is -5.61. The molecule has 0 aromatic carbocycles. The first-order valence-electron chi connectivity index (χ1n) is 31.2. The van der Waals surface area contributed by atoms with Gasteiger partial charge in [0.2, 0.25) is 0 Å². The van der Waals surface area contributed by atoms with Crippen molar-refractivity contribution in [3.8, 4) is 0 Å². The summed E-state index contributed by atoms with van der Waals surface area (Å²) < 4.78 is 111. The number of esters is 5. The van der Waals surface area contributed by atoms with Crippen molar-refractivity contribution in [3.63, 3.8) is 0 Å². The minimum Gasteiger partial charge on any atom is -0.462 e. The van der Waals surface area contributed by atoms with Crippen LogP contribution < -0.4 is 0 Å². The highest BCUT2D eigenvalue weighted by molar-refractivity contribution is 5.73. The zero-order chi connectivity index (χ0) is 59.5. The lowest BCUT2D eigenvalue weighted by molar-refractivity contribution is -0.290. The second kappa shape index (κ2) is 24.0. The molecule has 0 spiro atoms. The second-order valence-corrected chi connectivity index (χ2v) is 28.7. The van der Waals surface area contributed by atoms with Gasteiger partial charge in [-0.2, -0.15) is 26.3 Å². The fraction of sp³-hybridized carbons (Fsp3) is 0.921. The number of fused-ring (bicyclic) bond motifs is 10. The number of carbonyl (C=O) groups excluding carboxylic acids is 5. The molecule has 2 unspecified atom stereocenters. The fourth-order valence-corrected chi connectivity index (χ4v) is 19.8. The highest BCUT2D eigenvalue weighted by Crippen LogP contribution is 2.71. The van der Waals surface area contributed by atoms with E-state index in [0.29, 0.717) is 73.0 Å². The Morgan fingerprint density at radius 1 is 0.469 bits per heavy atom. The van der Waals surface area contributed by atoms with Gasteiger partial charge in [0.05, 0.1) is 0 Å². The zero-order valence-electron chi connectivity index (χ0n) is 49.8. The molecule has 18 heteroatoms. The van der Waals surface area contributed by atoms with Crippen molar-refractivity contribution >= 4 is 29.8 Å². The Bertz CT molecular complexity index is 2130. The van der Waals surface area contributed by atoms with Crippen LogP contribution >= 0.6 is 0 Å². The van der Waals surface area contributed by atoms with Gasteiger partial charge in [0, 0.05) is 32.6 Å². The van der Waals surface area contributed by atoms with Gasteiger partial charge in [-0.25, -0.2) is 0 Å². The predicted molar refractivity (Wildman–Crippen MR) is 287 cm³/mol. The molecule has 8 saturated carbocycles. The second-order valence-electron chi connectivity index (χ2n) is 28.7. The molecule has 2 N–H and O–H groups in total. The molecule has 0 heterocycles. The Kier molecular flexibility index (Phi) is 18.9. The van der Waals surface area contributed by atoms with Gasteiger partial charge in [-0.15, -0.1) is 0 Å². The third-order valence-corrected chi connectivity index (χ3v) is 24.8. The number of ether oxygens (including phenoxy) is 5. The monoisotopic (exact) mass is 1160 g/mol. The highest BCUT2D eigenvalue weighted by atomic mass is 19.4. The van der Waals surface area contributed by atoms with Crippen LogP contribution in [0.1, 0.15) is 216 Å². The van der Waals surface area contributed by atoms with Gasteiger partial charge in [0.15, 0.2) is 17.3 Å². The van der Waals surface area contributed by atoms with Crippen molar-refractivity contribution in [2.24, 2.45) is 92.7 Å². The molecule has 8 aliphatic rings. The van der Waals surface area contributed by atoms with Crippen molar-refractivity contribution in [3.05, 3.63) is 0 Å². The lowest BCUT2D eigenvalue weighted by Gasteiger charge is -2.62. The van der Waals surface area contributed by atoms with E-state index in [1.807, 2.05) is 13.8 Å². The molecule has 21 atom stereocenters. The summed E-state index contributed by atoms with van der Waals surface area (Å²) in [7, 11) is 0. The first-order chi connectivity index (χ1) is 37.7. The van der Waals surface area contributed by atoms with Crippen LogP contribution in [0.2, 0.25) is 0 Å². The van der Waals surface area contributed by atoms with Crippen LogP contribution in [0, 0.1) is 92.7 Å². The van der Waals surface area contributed by atoms with E-state index >= 15 is 0 Å². The van der Waals surface area contributed by atoms with Crippen LogP contribution in [-0.4, -0.2) is 95.1 Å². The number of hydrogen-bond acceptors (Lipinski definition) is 12. The Morgan fingerprint density at radius 3 is 1.19 bits per heavy atom. The summed E-state index contributed by atoms with van der Waals surface area (Å²) >= 11 is 0. The number of aliphatic hydroxyl groups is 2. The van der Waals surface area contributed by atoms with Gasteiger partial charge in [-0.05, 0) is 235 Å². The molecule has 0 amide bonds. The van der Waals surface area contributed by atoms with E-state index in [1.165, 1.54) is 6.92 Å². The van der Waals surface area contributed by atoms with E-state index in [0.717, 1.165) is 64.2 Å². The van der Waals surface area contributed by atoms with Gasteiger partial charge in [-0.1, -0.05) is 41.5 Å². The maximum Gasteiger partial charge on any atom is 0.417 e. The molecule has 0 aliphatic heterocycles. The van der Waals surface area contributed by atoms with Crippen molar-refractivity contribution in [1.82, 2.24) is 0 Å². The lowest BCUT2D eigenvalue weighted by Crippen LogP contribution is -2.59. The summed E-state index contributed by atoms with van der Waals surface area (Å²) in [6.45, 7) is 17.6. The molecular formula is C63H96F6O12. The van der Waals surface area contributed by atoms with E-state index in [1.54, 1.807) is 0 Å². The Hall–Kier alpha value is -3.15. The molecule has 462 valence electrons. The van der Waals surface area contributed by atoms with Crippen LogP contribution in [-0.2, 0) is 47.7 Å². The molecule has 8 fully saturated rings. The van der Waals surface area contributed by atoms with Gasteiger partial charge < -0.3 is 33.9 Å². The maximum absolute atomic E-state index is 13.9. The molecule has 8 rings (SSSR count). The lowest BCUT2D eigenvalue weighted by atomic mass is 9.43. The van der Waals surface area contributed by atoms with E-state index in [-0.39, 0.29) is 135 Å². The van der Waals surface area contributed by atoms with Crippen molar-refractivity contribution < 1.29 is 84.2 Å². The van der Waals surface area contributed by atoms with Crippen LogP contribution in [0.3, 0.4) is 0 Å². The summed E-state index contributed by atoms with van der Waals surface area (Å²) in [6, 6.07) is 0. The first kappa shape index (κ1) is 63.9. The Labute approximate surface area is 476 Å². The van der Waals surface area contributed by atoms with Crippen LogP contribution in [0.15, 0.2) is 0 Å². The molecule has 0 bridgehead atoms. The first-order valence-corrected chi connectivity index (χ1v) is 31.2. The van der Waals surface area contributed by atoms with Crippen molar-refractivity contribution in [2.45, 2.75) is 258 Å². The SMILES string of the molecule is CC(=O)OC(COC(=O)CCCC(=O)O[C@H](C)[C@@H](C)[C@H]1CC[C@H]2[C@@H]3CC[C@@H]4C[C@@](O)(C(F)(F)F)CC[C@]4(C)[C@H]3CC[C@]12C)COC(=O)CCCC(=O)O[C@H](C)[C@@H](C)C1CC[C@H]2[C@@H]3CC[C@@H]4C[C@@](O)(C(F)(F)F)CC[C@]4(C)[C@H]3CC[C@]12C. The standard InChI is InChI=1S/C63H96F6O12/c1-36(46-20-22-48-44-18-16-41-32-60(75,62(64,65)66)30-28-56(41,6)50(44)24-26-58(46,48)8)38(3)79-54(73)14-10-12-52(71)77-34-43(81-40(5)70)35-78-53(72)13-11-15-55(74)80-39(4)37(2)47-21-23-49-45-19-17-42-33-61(76,63(67,68)69)31-29-57(42,7)51(45)25-27-59(47,49)9/h36-39,41-51,75-76H,10-35H2,1-9H3/t36-,37-,38-,39-,41-,42-,43?,44+,45+,46-,47?,48+,49+,50+,51+,56+,57+,58-,59-,60-,61-/m1/s1. The smallest absolute Gasteiger partial charge is 0.417 e. The predicted octanol–water partition coefficient (Wildman–Crippen LogP) is 13.4. The molecule has 0 radical (unpaired) electrons. The van der Waals surface area contributed by atoms with E-state index in [4.69, 9.17) is 23.7 Å². The minimum absolute atomic E-state index is 0.0152. The van der Waals surface area contributed by atoms with Crippen LogP contribution in [0.25, 0.3) is 0 Å². The topological polar surface area (TPSA) is 172 Å². The highest BCUT2D eigenvalue weighted by Gasteiger charge is 2.67. The zero-order valence-corrected chi connectivity index (χ0v) is 49.8. The van der Waals surface area contributed by atoms with E-state index in [2.05, 4.69) is 41.5 Å². The van der Waals surface area contributed by atoms with Crippen molar-refractivity contribution in [2.75, 3.05) is 13.2 Å². The van der Waals surface area contributed by atoms with Crippen molar-refractivity contribution in [1.29, 1.82) is 0 Å². The quantitative estimate of drug-likeness (QED) is 0.0713. The summed E-state index contributed by atoms with van der Waals surface area (Å²) in [4.78, 5) is 63.6. The number of alkyl halides is 6. The molecule has 0 aromatic rings. The number of hydrogen-bond donors (Lipinski definition) is 2. The summed E-state index contributed by atoms with van der Waals surface area (Å²) in [5, 5.41) is 21.2. The number of carbonyl (C=O) groups is 5. The minimum atomic E-state index is -4.62.